The molecular formula is C15H13N5O3S. The third-order valence-electron chi connectivity index (χ3n) is 3.31. The summed E-state index contributed by atoms with van der Waals surface area (Å²) >= 11 is 1.49. The Morgan fingerprint density at radius 2 is 2.33 bits per heavy atom. The van der Waals surface area contributed by atoms with Gasteiger partial charge in [0.15, 0.2) is 4.96 Å². The van der Waals surface area contributed by atoms with Crippen LogP contribution in [-0.2, 0) is 11.2 Å². The van der Waals surface area contributed by atoms with Crippen LogP contribution >= 0.6 is 11.3 Å². The minimum atomic E-state index is -0.472. The van der Waals surface area contributed by atoms with E-state index in [2.05, 4.69) is 15.5 Å². The van der Waals surface area contributed by atoms with Crippen LogP contribution in [0.15, 0.2) is 47.1 Å². The number of carbonyl (C=O) groups is 1. The number of benzene rings is 1. The summed E-state index contributed by atoms with van der Waals surface area (Å²) in [6, 6.07) is 6.09. The second-order valence-electron chi connectivity index (χ2n) is 5.04. The van der Waals surface area contributed by atoms with Gasteiger partial charge >= 0.3 is 0 Å². The van der Waals surface area contributed by atoms with Crippen LogP contribution in [0.3, 0.4) is 0 Å². The lowest BCUT2D eigenvalue weighted by molar-refractivity contribution is -0.384. The van der Waals surface area contributed by atoms with Crippen LogP contribution < -0.4 is 5.43 Å². The molecule has 122 valence electrons. The van der Waals surface area contributed by atoms with E-state index in [1.165, 1.54) is 23.5 Å². The smallest absolute Gasteiger partial charge is 0.270 e. The number of amides is 1. The zero-order valence-electron chi connectivity index (χ0n) is 12.7. The van der Waals surface area contributed by atoms with Gasteiger partial charge in [-0.15, -0.1) is 11.3 Å². The van der Waals surface area contributed by atoms with E-state index in [1.807, 2.05) is 16.0 Å². The first kappa shape index (κ1) is 15.8. The Labute approximate surface area is 140 Å². The highest BCUT2D eigenvalue weighted by atomic mass is 32.1. The highest BCUT2D eigenvalue weighted by molar-refractivity contribution is 7.15. The Kier molecular flexibility index (Phi) is 4.34. The van der Waals surface area contributed by atoms with E-state index in [-0.39, 0.29) is 18.0 Å². The minimum absolute atomic E-state index is 0.0218. The normalized spacial score (nSPS) is 11.6. The maximum Gasteiger partial charge on any atom is 0.270 e. The summed E-state index contributed by atoms with van der Waals surface area (Å²) in [6.07, 6.45) is 3.78. The summed E-state index contributed by atoms with van der Waals surface area (Å²) in [6.45, 7) is 1.67. The fourth-order valence-corrected chi connectivity index (χ4v) is 2.84. The lowest BCUT2D eigenvalue weighted by Gasteiger charge is -2.02. The Balaban J connectivity index is 1.65. The van der Waals surface area contributed by atoms with Gasteiger partial charge in [0.05, 0.1) is 22.7 Å². The number of hydrazone groups is 1. The molecule has 0 radical (unpaired) electrons. The number of nitro benzene ring substituents is 1. The van der Waals surface area contributed by atoms with Gasteiger partial charge < -0.3 is 0 Å². The van der Waals surface area contributed by atoms with E-state index in [0.717, 1.165) is 4.96 Å². The molecule has 0 aliphatic heterocycles. The summed E-state index contributed by atoms with van der Waals surface area (Å²) < 4.78 is 1.85. The summed E-state index contributed by atoms with van der Waals surface area (Å²) in [5.74, 6) is -0.300. The predicted molar refractivity (Wildman–Crippen MR) is 90.2 cm³/mol. The van der Waals surface area contributed by atoms with E-state index >= 15 is 0 Å². The van der Waals surface area contributed by atoms with Gasteiger partial charge in [-0.2, -0.15) is 5.10 Å². The lowest BCUT2D eigenvalue weighted by atomic mass is 10.1. The second kappa shape index (κ2) is 6.59. The van der Waals surface area contributed by atoms with Crippen molar-refractivity contribution >= 4 is 33.6 Å². The van der Waals surface area contributed by atoms with Gasteiger partial charge in [-0.3, -0.25) is 19.3 Å². The number of nitro groups is 1. The second-order valence-corrected chi connectivity index (χ2v) is 5.91. The van der Waals surface area contributed by atoms with Gasteiger partial charge in [0.2, 0.25) is 5.91 Å². The zero-order valence-corrected chi connectivity index (χ0v) is 13.5. The summed E-state index contributed by atoms with van der Waals surface area (Å²) in [5, 5.41) is 16.7. The first-order valence-electron chi connectivity index (χ1n) is 7.02. The average molecular weight is 343 g/mol. The van der Waals surface area contributed by atoms with E-state index in [0.29, 0.717) is 17.0 Å². The van der Waals surface area contributed by atoms with Crippen LogP contribution in [0, 0.1) is 10.1 Å². The molecule has 1 amide bonds. The first-order chi connectivity index (χ1) is 11.5. The topological polar surface area (TPSA) is 102 Å². The first-order valence-corrected chi connectivity index (χ1v) is 7.90. The number of rotatable bonds is 5. The van der Waals surface area contributed by atoms with Crippen molar-refractivity contribution in [3.05, 3.63) is 63.4 Å². The molecule has 0 fully saturated rings. The molecule has 3 aromatic rings. The van der Waals surface area contributed by atoms with Crippen LogP contribution in [0.25, 0.3) is 4.96 Å². The third kappa shape index (κ3) is 3.46. The standard InChI is InChI=1S/C15H13N5O3S/c1-10(11-3-2-4-13(7-11)20(22)23)17-18-14(21)8-12-9-19-5-6-24-15(19)16-12/h2-7,9H,8H2,1H3,(H,18,21)/b17-10+. The van der Waals surface area contributed by atoms with Gasteiger partial charge in [-0.1, -0.05) is 12.1 Å². The molecule has 0 bridgehead atoms. The SMILES string of the molecule is C/C(=N\NC(=O)Cc1cn2ccsc2n1)c1cccc([N+](=O)[O-])c1. The Bertz CT molecular complexity index is 915. The third-order valence-corrected chi connectivity index (χ3v) is 4.08. The molecule has 9 heteroatoms. The lowest BCUT2D eigenvalue weighted by Crippen LogP contribution is -2.21. The zero-order chi connectivity index (χ0) is 17.1. The largest absolute Gasteiger partial charge is 0.297 e. The Hall–Kier alpha value is -3.07. The van der Waals surface area contributed by atoms with Crippen LogP contribution in [0.1, 0.15) is 18.2 Å². The van der Waals surface area contributed by atoms with Gasteiger partial charge in [0.25, 0.3) is 5.69 Å². The minimum Gasteiger partial charge on any atom is -0.297 e. The number of nitrogens with zero attached hydrogens (tertiary/aromatic N) is 4. The number of non-ortho nitro benzene ring substituents is 1. The van der Waals surface area contributed by atoms with Crippen LogP contribution in [-0.4, -0.2) is 25.9 Å². The monoisotopic (exact) mass is 343 g/mol. The van der Waals surface area contributed by atoms with Gasteiger partial charge in [0.1, 0.15) is 0 Å². The maximum atomic E-state index is 11.9. The fourth-order valence-electron chi connectivity index (χ4n) is 2.12. The molecule has 0 atom stereocenters. The molecule has 0 spiro atoms. The van der Waals surface area contributed by atoms with Gasteiger partial charge in [0, 0.05) is 35.5 Å². The van der Waals surface area contributed by atoms with Gasteiger partial charge in [-0.05, 0) is 6.92 Å². The fraction of sp³-hybridized carbons (Fsp3) is 0.133. The molecule has 0 aliphatic carbocycles. The number of carbonyl (C=O) groups excluding carboxylic acids is 1. The van der Waals surface area contributed by atoms with Gasteiger partial charge in [-0.25, -0.2) is 10.4 Å². The van der Waals surface area contributed by atoms with Crippen molar-refractivity contribution in [2.45, 2.75) is 13.3 Å². The molecule has 1 N–H and O–H groups in total. The highest BCUT2D eigenvalue weighted by Crippen LogP contribution is 2.14. The summed E-state index contributed by atoms with van der Waals surface area (Å²) in [7, 11) is 0. The van der Waals surface area contributed by atoms with Crippen molar-refractivity contribution in [3.63, 3.8) is 0 Å². The molecule has 0 saturated heterocycles. The van der Waals surface area contributed by atoms with E-state index in [1.54, 1.807) is 25.3 Å². The summed E-state index contributed by atoms with van der Waals surface area (Å²) in [4.78, 5) is 27.4. The van der Waals surface area contributed by atoms with E-state index in [9.17, 15) is 14.9 Å². The van der Waals surface area contributed by atoms with Crippen LogP contribution in [0.5, 0.6) is 0 Å². The van der Waals surface area contributed by atoms with Crippen molar-refractivity contribution in [1.82, 2.24) is 14.8 Å². The maximum absolute atomic E-state index is 11.9. The quantitative estimate of drug-likeness (QED) is 0.436. The Morgan fingerprint density at radius 3 is 3.08 bits per heavy atom. The molecule has 0 unspecified atom stereocenters. The molecule has 2 heterocycles. The van der Waals surface area contributed by atoms with Crippen molar-refractivity contribution in [2.75, 3.05) is 0 Å². The van der Waals surface area contributed by atoms with Crippen molar-refractivity contribution in [3.8, 4) is 0 Å². The molecule has 0 aliphatic rings. The van der Waals surface area contributed by atoms with Crippen LogP contribution in [0.2, 0.25) is 0 Å². The molecular weight excluding hydrogens is 330 g/mol. The number of fused-ring (bicyclic) bond motifs is 1. The Morgan fingerprint density at radius 1 is 1.50 bits per heavy atom. The van der Waals surface area contributed by atoms with Crippen LogP contribution in [0.4, 0.5) is 5.69 Å². The molecule has 3 rings (SSSR count). The summed E-state index contributed by atoms with van der Waals surface area (Å²) in [5.41, 5.74) is 4.14. The average Bonchev–Trinajstić information content (AvgIpc) is 3.14. The van der Waals surface area contributed by atoms with Crippen molar-refractivity contribution in [2.24, 2.45) is 5.10 Å². The number of nitrogens with one attached hydrogen (secondary N) is 1. The molecule has 2 aromatic heterocycles. The number of thiazole rings is 1. The number of hydrogen-bond donors (Lipinski definition) is 1. The molecule has 24 heavy (non-hydrogen) atoms. The van der Waals surface area contributed by atoms with Crippen molar-refractivity contribution in [1.29, 1.82) is 0 Å². The predicted octanol–water partition coefficient (Wildman–Crippen LogP) is 2.39. The number of hydrogen-bond acceptors (Lipinski definition) is 6. The van der Waals surface area contributed by atoms with E-state index < -0.39 is 4.92 Å². The van der Waals surface area contributed by atoms with Crippen molar-refractivity contribution < 1.29 is 9.72 Å². The number of aromatic nitrogens is 2. The highest BCUT2D eigenvalue weighted by Gasteiger charge is 2.10. The molecule has 8 nitrogen and oxygen atoms in total. The molecule has 1 aromatic carbocycles. The molecule has 0 saturated carbocycles. The van der Waals surface area contributed by atoms with E-state index in [4.69, 9.17) is 0 Å². The number of imidazole rings is 1.